The van der Waals surface area contributed by atoms with Gasteiger partial charge in [-0.05, 0) is 38.1 Å². The van der Waals surface area contributed by atoms with Gasteiger partial charge in [0.05, 0.1) is 23.4 Å². The maximum absolute atomic E-state index is 13.9. The molecule has 3 rings (SSSR count). The Morgan fingerprint density at radius 3 is 2.63 bits per heavy atom. The van der Waals surface area contributed by atoms with Crippen molar-refractivity contribution in [2.24, 2.45) is 5.73 Å². The average Bonchev–Trinajstić information content (AvgIpc) is 3.02. The largest absolute Gasteiger partial charge is 0.485 e. The number of carbonyl (C=O) groups excluding carboxylic acids is 1. The van der Waals surface area contributed by atoms with Crippen molar-refractivity contribution in [1.29, 1.82) is 0 Å². The minimum atomic E-state index is -0.725. The van der Waals surface area contributed by atoms with Gasteiger partial charge in [-0.25, -0.2) is 13.8 Å². The lowest BCUT2D eigenvalue weighted by Gasteiger charge is -2.23. The Labute approximate surface area is 172 Å². The molecule has 3 N–H and O–H groups in total. The van der Waals surface area contributed by atoms with Crippen molar-refractivity contribution in [3.05, 3.63) is 65.1 Å². The van der Waals surface area contributed by atoms with Crippen LogP contribution in [0.2, 0.25) is 0 Å². The van der Waals surface area contributed by atoms with E-state index in [1.807, 2.05) is 0 Å². The minimum absolute atomic E-state index is 0.180. The molecule has 160 valence electrons. The molecule has 0 bridgehead atoms. The smallest absolute Gasteiger partial charge is 0.270 e. The molecule has 7 nitrogen and oxygen atoms in total. The zero-order chi connectivity index (χ0) is 21.9. The third kappa shape index (κ3) is 4.58. The fourth-order valence-corrected chi connectivity index (χ4v) is 3.11. The van der Waals surface area contributed by atoms with Crippen LogP contribution in [0.1, 0.15) is 28.7 Å². The number of aryl methyl sites for hydroxylation is 1. The summed E-state index contributed by atoms with van der Waals surface area (Å²) in [5.41, 5.74) is 6.34. The van der Waals surface area contributed by atoms with Crippen LogP contribution >= 0.6 is 0 Å². The number of nitrogens with zero attached hydrogens (tertiary/aromatic N) is 2. The number of amides is 1. The predicted molar refractivity (Wildman–Crippen MR) is 107 cm³/mol. The van der Waals surface area contributed by atoms with E-state index >= 15 is 0 Å². The van der Waals surface area contributed by atoms with Crippen molar-refractivity contribution in [3.63, 3.8) is 0 Å². The van der Waals surface area contributed by atoms with Crippen molar-refractivity contribution in [3.8, 4) is 5.75 Å². The van der Waals surface area contributed by atoms with Crippen LogP contribution in [0.4, 0.5) is 8.78 Å². The number of fused-ring (bicyclic) bond motifs is 1. The fraction of sp³-hybridized carbons (Fsp3) is 0.333. The Morgan fingerprint density at radius 1 is 1.27 bits per heavy atom. The van der Waals surface area contributed by atoms with Crippen LogP contribution < -0.4 is 15.8 Å². The van der Waals surface area contributed by atoms with Crippen molar-refractivity contribution >= 4 is 11.6 Å². The van der Waals surface area contributed by atoms with Gasteiger partial charge in [-0.1, -0.05) is 6.07 Å². The van der Waals surface area contributed by atoms with Crippen molar-refractivity contribution < 1.29 is 23.0 Å². The molecule has 9 heteroatoms. The molecule has 0 aliphatic heterocycles. The summed E-state index contributed by atoms with van der Waals surface area (Å²) in [4.78, 5) is 17.2. The maximum atomic E-state index is 13.9. The second-order valence-corrected chi connectivity index (χ2v) is 7.37. The maximum Gasteiger partial charge on any atom is 0.270 e. The number of imidazole rings is 1. The first kappa shape index (κ1) is 21.7. The Bertz CT molecular complexity index is 1050. The topological polar surface area (TPSA) is 90.9 Å². The quantitative estimate of drug-likeness (QED) is 0.587. The van der Waals surface area contributed by atoms with Crippen LogP contribution in [-0.4, -0.2) is 41.1 Å². The first-order chi connectivity index (χ1) is 14.2. The number of benzene rings is 1. The molecule has 1 amide bonds. The highest BCUT2D eigenvalue weighted by Gasteiger charge is 2.23. The molecule has 0 spiro atoms. The lowest BCUT2D eigenvalue weighted by Crippen LogP contribution is -2.51. The summed E-state index contributed by atoms with van der Waals surface area (Å²) in [6.45, 7) is 3.64. The lowest BCUT2D eigenvalue weighted by molar-refractivity contribution is 0.0913. The highest BCUT2D eigenvalue weighted by atomic mass is 19.1. The molecule has 2 heterocycles. The van der Waals surface area contributed by atoms with Gasteiger partial charge in [0.15, 0.2) is 11.4 Å². The number of nitrogens with two attached hydrogens (primary N) is 1. The molecule has 1 unspecified atom stereocenters. The number of rotatable bonds is 8. The highest BCUT2D eigenvalue weighted by molar-refractivity contribution is 5.95. The lowest BCUT2D eigenvalue weighted by atomic mass is 10.1. The summed E-state index contributed by atoms with van der Waals surface area (Å²) in [5.74, 6) is -1.44. The summed E-state index contributed by atoms with van der Waals surface area (Å²) in [5, 5.41) is 2.79. The molecule has 0 saturated heterocycles. The molecule has 30 heavy (non-hydrogen) atoms. The summed E-state index contributed by atoms with van der Waals surface area (Å²) >= 11 is 0. The van der Waals surface area contributed by atoms with Gasteiger partial charge in [-0.15, -0.1) is 0 Å². The Balaban J connectivity index is 1.84. The summed E-state index contributed by atoms with van der Waals surface area (Å²) in [6.07, 6.45) is 1.66. The zero-order valence-electron chi connectivity index (χ0n) is 17.0. The molecular formula is C21H24F2N4O3. The predicted octanol–water partition coefficient (Wildman–Crippen LogP) is 2.59. The Morgan fingerprint density at radius 2 is 1.97 bits per heavy atom. The Hall–Kier alpha value is -3.04. The van der Waals surface area contributed by atoms with Crippen LogP contribution in [0.5, 0.6) is 5.75 Å². The molecule has 0 aliphatic carbocycles. The molecule has 0 fully saturated rings. The second-order valence-electron chi connectivity index (χ2n) is 7.37. The van der Waals surface area contributed by atoms with Gasteiger partial charge in [-0.2, -0.15) is 0 Å². The van der Waals surface area contributed by atoms with Crippen molar-refractivity contribution in [1.82, 2.24) is 14.7 Å². The molecule has 1 atom stereocenters. The highest BCUT2D eigenvalue weighted by Crippen LogP contribution is 2.24. The number of carbonyl (C=O) groups is 1. The SMILES string of the molecule is COCC(C)(N)CNC(=O)c1c(C)nc2c(OCc3c(F)cccc3F)cccn12. The van der Waals surface area contributed by atoms with Gasteiger partial charge in [0.25, 0.3) is 5.91 Å². The number of hydrogen-bond acceptors (Lipinski definition) is 5. The number of aromatic nitrogens is 2. The molecular weight excluding hydrogens is 394 g/mol. The van der Waals surface area contributed by atoms with Gasteiger partial charge in [0, 0.05) is 19.9 Å². The number of methoxy groups -OCH3 is 1. The summed E-state index contributed by atoms with van der Waals surface area (Å²) in [7, 11) is 1.54. The van der Waals surface area contributed by atoms with E-state index in [-0.39, 0.29) is 31.2 Å². The molecule has 1 aromatic carbocycles. The van der Waals surface area contributed by atoms with Gasteiger partial charge in [0.2, 0.25) is 0 Å². The van der Waals surface area contributed by atoms with Gasteiger partial charge < -0.3 is 20.5 Å². The van der Waals surface area contributed by atoms with Crippen LogP contribution in [0.25, 0.3) is 5.65 Å². The Kier molecular flexibility index (Phi) is 6.33. The normalized spacial score (nSPS) is 13.3. The third-order valence-corrected chi connectivity index (χ3v) is 4.56. The first-order valence-corrected chi connectivity index (χ1v) is 9.33. The van der Waals surface area contributed by atoms with E-state index < -0.39 is 17.2 Å². The van der Waals surface area contributed by atoms with Gasteiger partial charge >= 0.3 is 0 Å². The van der Waals surface area contributed by atoms with E-state index in [0.717, 1.165) is 0 Å². The minimum Gasteiger partial charge on any atom is -0.485 e. The second kappa shape index (κ2) is 8.76. The van der Waals surface area contributed by atoms with E-state index in [4.69, 9.17) is 15.2 Å². The summed E-state index contributed by atoms with van der Waals surface area (Å²) in [6, 6.07) is 6.91. The van der Waals surface area contributed by atoms with E-state index in [2.05, 4.69) is 10.3 Å². The number of ether oxygens (including phenoxy) is 2. The van der Waals surface area contributed by atoms with Crippen LogP contribution in [0.15, 0.2) is 36.5 Å². The molecule has 0 aliphatic rings. The molecule has 3 aromatic rings. The fourth-order valence-electron chi connectivity index (χ4n) is 3.11. The van der Waals surface area contributed by atoms with Crippen LogP contribution in [0, 0.1) is 18.6 Å². The molecule has 0 saturated carbocycles. The molecule has 0 radical (unpaired) electrons. The van der Waals surface area contributed by atoms with Gasteiger partial charge in [-0.3, -0.25) is 9.20 Å². The number of pyridine rings is 1. The average molecular weight is 418 g/mol. The standard InChI is InChI=1S/C21H24F2N4O3/c1-13-18(20(28)25-11-21(2,24)12-29-3)27-9-5-8-17(19(27)26-13)30-10-14-15(22)6-4-7-16(14)23/h4-9H,10-12,24H2,1-3H3,(H,25,28). The van der Waals surface area contributed by atoms with Crippen molar-refractivity contribution in [2.75, 3.05) is 20.3 Å². The third-order valence-electron chi connectivity index (χ3n) is 4.56. The van der Waals surface area contributed by atoms with Crippen LogP contribution in [0.3, 0.4) is 0 Å². The number of halogens is 2. The van der Waals surface area contributed by atoms with E-state index in [1.54, 1.807) is 36.6 Å². The zero-order valence-corrected chi connectivity index (χ0v) is 17.0. The van der Waals surface area contributed by atoms with E-state index in [1.165, 1.54) is 25.3 Å². The number of hydrogen-bond donors (Lipinski definition) is 2. The van der Waals surface area contributed by atoms with Gasteiger partial charge in [0.1, 0.15) is 23.9 Å². The monoisotopic (exact) mass is 418 g/mol. The molecule has 2 aromatic heterocycles. The summed E-state index contributed by atoms with van der Waals surface area (Å²) < 4.78 is 40.0. The van der Waals surface area contributed by atoms with E-state index in [9.17, 15) is 13.6 Å². The van der Waals surface area contributed by atoms with Crippen LogP contribution in [-0.2, 0) is 11.3 Å². The first-order valence-electron chi connectivity index (χ1n) is 9.33. The number of nitrogens with one attached hydrogen (secondary N) is 1. The van der Waals surface area contributed by atoms with Crippen molar-refractivity contribution in [2.45, 2.75) is 26.0 Å². The van der Waals surface area contributed by atoms with E-state index in [0.29, 0.717) is 22.8 Å².